The van der Waals surface area contributed by atoms with Gasteiger partial charge in [-0.25, -0.2) is 9.18 Å². The Morgan fingerprint density at radius 2 is 1.72 bits per heavy atom. The predicted octanol–water partition coefficient (Wildman–Crippen LogP) is 5.09. The first-order chi connectivity index (χ1) is 27.4. The van der Waals surface area contributed by atoms with Crippen LogP contribution in [-0.2, 0) is 32.2 Å². The summed E-state index contributed by atoms with van der Waals surface area (Å²) < 4.78 is 28.8. The molecule has 2 amide bonds. The van der Waals surface area contributed by atoms with Crippen LogP contribution in [0.2, 0.25) is 0 Å². The minimum Gasteiger partial charge on any atom is -0.508 e. The van der Waals surface area contributed by atoms with Crippen LogP contribution in [0.4, 0.5) is 14.9 Å². The molecule has 0 unspecified atom stereocenters. The number of aromatic hydroxyl groups is 1. The smallest absolute Gasteiger partial charge is 0.410 e. The number of esters is 1. The lowest BCUT2D eigenvalue weighted by Gasteiger charge is -2.36. The number of phenols is 1. The Bertz CT molecular complexity index is 1890. The Morgan fingerprint density at radius 1 is 0.965 bits per heavy atom. The number of aromatic nitrogens is 2. The fourth-order valence-electron chi connectivity index (χ4n) is 7.70. The average Bonchev–Trinajstić information content (AvgIpc) is 3.70. The number of piperazine rings is 2. The van der Waals surface area contributed by atoms with Crippen LogP contribution in [0.5, 0.6) is 5.75 Å². The minimum absolute atomic E-state index is 0.0186. The Balaban J connectivity index is 1.11. The number of cyclic esters (lactones) is 1. The second kappa shape index (κ2) is 19.3. The van der Waals surface area contributed by atoms with Crippen LogP contribution < -0.4 is 4.90 Å². The molecule has 3 aliphatic heterocycles. The number of amides is 2. The summed E-state index contributed by atoms with van der Waals surface area (Å²) in [5.41, 5.74) is 2.98. The topological polar surface area (TPSA) is 141 Å². The number of anilines is 1. The van der Waals surface area contributed by atoms with Crippen molar-refractivity contribution in [2.45, 2.75) is 71.4 Å². The highest BCUT2D eigenvalue weighted by molar-refractivity contribution is 5.76. The van der Waals surface area contributed by atoms with Gasteiger partial charge in [0.2, 0.25) is 5.91 Å². The van der Waals surface area contributed by atoms with Gasteiger partial charge in [-0.2, -0.15) is 5.10 Å². The van der Waals surface area contributed by atoms with Crippen molar-refractivity contribution >= 4 is 29.7 Å². The third-order valence-corrected chi connectivity index (χ3v) is 11.0. The lowest BCUT2D eigenvalue weighted by Crippen LogP contribution is -2.49. The third-order valence-electron chi connectivity index (χ3n) is 11.0. The van der Waals surface area contributed by atoms with E-state index in [-0.39, 0.29) is 36.5 Å². The first-order valence-corrected chi connectivity index (χ1v) is 19.9. The lowest BCUT2D eigenvalue weighted by atomic mass is 9.91. The van der Waals surface area contributed by atoms with Gasteiger partial charge < -0.3 is 34.4 Å². The van der Waals surface area contributed by atoms with Crippen LogP contribution in [0.25, 0.3) is 6.08 Å². The summed E-state index contributed by atoms with van der Waals surface area (Å²) in [5, 5.41) is 24.7. The molecule has 2 N–H and O–H groups in total. The number of carbonyl (C=O) groups is 3. The summed E-state index contributed by atoms with van der Waals surface area (Å²) in [6.07, 6.45) is 7.00. The summed E-state index contributed by atoms with van der Waals surface area (Å²) in [5.74, 6) is -1.21. The molecular formula is C43H55FN6O7. The van der Waals surface area contributed by atoms with Gasteiger partial charge in [0.15, 0.2) is 0 Å². The van der Waals surface area contributed by atoms with Crippen molar-refractivity contribution in [2.24, 2.45) is 11.8 Å². The first kappa shape index (κ1) is 41.4. The molecule has 6 rings (SSSR count). The molecule has 0 aliphatic carbocycles. The molecule has 0 saturated carbocycles. The van der Waals surface area contributed by atoms with E-state index in [2.05, 4.69) is 14.9 Å². The van der Waals surface area contributed by atoms with Gasteiger partial charge in [0.1, 0.15) is 30.3 Å². The molecule has 3 aliphatic rings. The number of benzene rings is 2. The number of hydrogen-bond acceptors (Lipinski definition) is 10. The molecule has 57 heavy (non-hydrogen) atoms. The molecule has 3 aromatic rings. The van der Waals surface area contributed by atoms with Crippen LogP contribution in [0.15, 0.2) is 78.6 Å². The molecule has 2 saturated heterocycles. The fourth-order valence-corrected chi connectivity index (χ4v) is 7.70. The van der Waals surface area contributed by atoms with Crippen LogP contribution >= 0.6 is 0 Å². The molecule has 306 valence electrons. The molecule has 1 aromatic heterocycles. The molecule has 13 nitrogen and oxygen atoms in total. The molecule has 14 heteroatoms. The number of aliphatic hydroxyl groups excluding tert-OH is 1. The van der Waals surface area contributed by atoms with Crippen LogP contribution in [-0.4, -0.2) is 123 Å². The molecule has 5 atom stereocenters. The lowest BCUT2D eigenvalue weighted by molar-refractivity contribution is -0.151. The number of rotatable bonds is 8. The summed E-state index contributed by atoms with van der Waals surface area (Å²) in [6, 6.07) is 13.8. The zero-order valence-electron chi connectivity index (χ0n) is 33.1. The monoisotopic (exact) mass is 786 g/mol. The molecule has 2 aromatic carbocycles. The highest BCUT2D eigenvalue weighted by atomic mass is 19.1. The average molecular weight is 787 g/mol. The maximum Gasteiger partial charge on any atom is 0.410 e. The molecule has 0 radical (unpaired) electrons. The Morgan fingerprint density at radius 3 is 2.44 bits per heavy atom. The van der Waals surface area contributed by atoms with E-state index in [0.717, 1.165) is 5.56 Å². The van der Waals surface area contributed by atoms with Crippen molar-refractivity contribution in [2.75, 3.05) is 57.3 Å². The van der Waals surface area contributed by atoms with E-state index in [1.807, 2.05) is 51.1 Å². The van der Waals surface area contributed by atoms with Crippen molar-refractivity contribution in [3.63, 3.8) is 0 Å². The number of halogens is 1. The molecule has 0 bridgehead atoms. The first-order valence-electron chi connectivity index (χ1n) is 19.9. The van der Waals surface area contributed by atoms with Gasteiger partial charge in [-0.15, -0.1) is 0 Å². The number of ether oxygens (including phenoxy) is 2. The van der Waals surface area contributed by atoms with Crippen molar-refractivity contribution < 1.29 is 38.5 Å². The van der Waals surface area contributed by atoms with Gasteiger partial charge in [0, 0.05) is 82.9 Å². The van der Waals surface area contributed by atoms with Gasteiger partial charge in [0.25, 0.3) is 0 Å². The standard InChI is InChI=1S/C43H55FN6O7/c1-30-8-10-38(52)27-41(54)57-42(31(2)9-11-39(30)56-43(55)49-16-14-46(15-17-49)28-33-6-4-7-37(51)25-33)32(3)22-34-23-35(44)26-36(24-34)47-18-20-48(21-19-47)40(53)29-50-13-5-12-45-50/h4-7,9,11-13,22-26,30-31,38-39,42,51-52H,8,10,14-21,27-29H2,1-3H3/b11-9+,32-22+/t30-,31-,38+,39-,42-/m0/s1. The van der Waals surface area contributed by atoms with E-state index in [1.54, 1.807) is 51.2 Å². The van der Waals surface area contributed by atoms with Crippen LogP contribution in [0.1, 0.15) is 51.2 Å². The van der Waals surface area contributed by atoms with E-state index >= 15 is 4.39 Å². The van der Waals surface area contributed by atoms with Crippen LogP contribution in [0.3, 0.4) is 0 Å². The predicted molar refractivity (Wildman–Crippen MR) is 214 cm³/mol. The van der Waals surface area contributed by atoms with Crippen molar-refractivity contribution in [1.29, 1.82) is 0 Å². The van der Waals surface area contributed by atoms with E-state index < -0.39 is 36.2 Å². The minimum atomic E-state index is -0.924. The zero-order valence-corrected chi connectivity index (χ0v) is 33.1. The van der Waals surface area contributed by atoms with Gasteiger partial charge in [-0.1, -0.05) is 38.1 Å². The number of aliphatic hydroxyl groups is 1. The Hall–Kier alpha value is -5.21. The van der Waals surface area contributed by atoms with Gasteiger partial charge in [-0.3, -0.25) is 19.2 Å². The molecule has 0 spiro atoms. The SMILES string of the molecule is C/C(=C\c1cc(F)cc(N2CCN(C(=O)Cn3cccn3)CC2)c1)[C@H]1OC(=O)C[C@H](O)CC[C@H](C)[C@@H](OC(=O)N2CCN(Cc3cccc(O)c3)CC2)/C=C/[C@@H]1C. The second-order valence-corrected chi connectivity index (χ2v) is 15.6. The normalized spacial score (nSPS) is 24.9. The van der Waals surface area contributed by atoms with E-state index in [1.165, 1.54) is 12.1 Å². The summed E-state index contributed by atoms with van der Waals surface area (Å²) in [7, 11) is 0. The molecular weight excluding hydrogens is 732 g/mol. The summed E-state index contributed by atoms with van der Waals surface area (Å²) in [6.45, 7) is 11.0. The quantitative estimate of drug-likeness (QED) is 0.235. The summed E-state index contributed by atoms with van der Waals surface area (Å²) >= 11 is 0. The maximum absolute atomic E-state index is 15.1. The number of carbonyl (C=O) groups excluding carboxylic acids is 3. The van der Waals surface area contributed by atoms with Gasteiger partial charge in [-0.05, 0) is 84.9 Å². The zero-order chi connectivity index (χ0) is 40.5. The van der Waals surface area contributed by atoms with Crippen molar-refractivity contribution in [3.8, 4) is 5.75 Å². The van der Waals surface area contributed by atoms with Gasteiger partial charge >= 0.3 is 12.1 Å². The van der Waals surface area contributed by atoms with Crippen molar-refractivity contribution in [3.05, 3.63) is 95.6 Å². The Kier molecular flexibility index (Phi) is 14.0. The van der Waals surface area contributed by atoms with E-state index in [9.17, 15) is 24.6 Å². The van der Waals surface area contributed by atoms with E-state index in [0.29, 0.717) is 88.6 Å². The molecule has 2 fully saturated rings. The number of phenolic OH excluding ortho intramolecular Hbond substituents is 1. The fraction of sp³-hybridized carbons (Fsp3) is 0.488. The largest absolute Gasteiger partial charge is 0.508 e. The third kappa shape index (κ3) is 11.7. The highest BCUT2D eigenvalue weighted by Gasteiger charge is 2.30. The van der Waals surface area contributed by atoms with Gasteiger partial charge in [0.05, 0.1) is 12.5 Å². The summed E-state index contributed by atoms with van der Waals surface area (Å²) in [4.78, 5) is 47.1. The van der Waals surface area contributed by atoms with Crippen molar-refractivity contribution in [1.82, 2.24) is 24.5 Å². The maximum atomic E-state index is 15.1. The van der Waals surface area contributed by atoms with Crippen LogP contribution in [0, 0.1) is 17.7 Å². The number of hydrogen-bond donors (Lipinski definition) is 2. The van der Waals surface area contributed by atoms with E-state index in [4.69, 9.17) is 9.47 Å². The second-order valence-electron chi connectivity index (χ2n) is 15.6. The Labute approximate surface area is 333 Å². The number of nitrogens with zero attached hydrogens (tertiary/aromatic N) is 6. The highest BCUT2D eigenvalue weighted by Crippen LogP contribution is 2.28. The molecule has 4 heterocycles.